The van der Waals surface area contributed by atoms with Crippen LogP contribution in [0, 0.1) is 0 Å². The van der Waals surface area contributed by atoms with Crippen molar-refractivity contribution < 1.29 is 19.4 Å². The summed E-state index contributed by atoms with van der Waals surface area (Å²) in [5.41, 5.74) is 0.130. The number of thiazole rings is 1. The van der Waals surface area contributed by atoms with Crippen LogP contribution >= 0.6 is 27.3 Å². The van der Waals surface area contributed by atoms with Crippen LogP contribution in [0.25, 0.3) is 0 Å². The van der Waals surface area contributed by atoms with Crippen molar-refractivity contribution in [2.45, 2.75) is 6.61 Å². The van der Waals surface area contributed by atoms with Crippen molar-refractivity contribution in [1.29, 1.82) is 0 Å². The summed E-state index contributed by atoms with van der Waals surface area (Å²) in [5, 5.41) is 11.7. The standard InChI is InChI=1S/C12H10BrNO4S/c1-17-9-5-7(12(15)16)4-8(13)11(9)18-6-10-14-2-3-19-10/h2-5H,6H2,1H3,(H,15,16). The van der Waals surface area contributed by atoms with E-state index < -0.39 is 5.97 Å². The van der Waals surface area contributed by atoms with Gasteiger partial charge in [0.15, 0.2) is 11.5 Å². The van der Waals surface area contributed by atoms with Gasteiger partial charge in [-0.15, -0.1) is 11.3 Å². The maximum atomic E-state index is 11.0. The average Bonchev–Trinajstić information content (AvgIpc) is 2.89. The highest BCUT2D eigenvalue weighted by Crippen LogP contribution is 2.37. The van der Waals surface area contributed by atoms with Gasteiger partial charge in [0.05, 0.1) is 17.1 Å². The molecule has 1 aromatic heterocycles. The molecule has 0 aliphatic heterocycles. The Labute approximate surface area is 121 Å². The summed E-state index contributed by atoms with van der Waals surface area (Å²) in [7, 11) is 1.46. The number of carboxylic acid groups (broad SMARTS) is 1. The Morgan fingerprint density at radius 1 is 1.53 bits per heavy atom. The van der Waals surface area contributed by atoms with Gasteiger partial charge in [-0.3, -0.25) is 0 Å². The van der Waals surface area contributed by atoms with Gasteiger partial charge in [0.2, 0.25) is 0 Å². The van der Waals surface area contributed by atoms with Crippen LogP contribution in [-0.4, -0.2) is 23.2 Å². The van der Waals surface area contributed by atoms with E-state index in [1.165, 1.54) is 30.6 Å². The quantitative estimate of drug-likeness (QED) is 0.902. The van der Waals surface area contributed by atoms with E-state index in [4.69, 9.17) is 14.6 Å². The van der Waals surface area contributed by atoms with Crippen molar-refractivity contribution in [3.05, 3.63) is 38.8 Å². The molecule has 0 spiro atoms. The van der Waals surface area contributed by atoms with Gasteiger partial charge >= 0.3 is 5.97 Å². The zero-order valence-electron chi connectivity index (χ0n) is 9.92. The van der Waals surface area contributed by atoms with Crippen molar-refractivity contribution in [1.82, 2.24) is 4.98 Å². The number of hydrogen-bond acceptors (Lipinski definition) is 5. The summed E-state index contributed by atoms with van der Waals surface area (Å²) in [6.07, 6.45) is 1.70. The van der Waals surface area contributed by atoms with Crippen LogP contribution in [0.5, 0.6) is 11.5 Å². The Morgan fingerprint density at radius 3 is 2.89 bits per heavy atom. The van der Waals surface area contributed by atoms with Gasteiger partial charge in [-0.2, -0.15) is 0 Å². The molecule has 1 heterocycles. The molecular formula is C12H10BrNO4S. The molecule has 0 radical (unpaired) electrons. The molecule has 19 heavy (non-hydrogen) atoms. The number of rotatable bonds is 5. The third-order valence-corrected chi connectivity index (χ3v) is 3.64. The lowest BCUT2D eigenvalue weighted by Gasteiger charge is -2.12. The third-order valence-electron chi connectivity index (χ3n) is 2.30. The van der Waals surface area contributed by atoms with Crippen LogP contribution in [0.1, 0.15) is 15.4 Å². The first-order valence-electron chi connectivity index (χ1n) is 5.24. The summed E-state index contributed by atoms with van der Waals surface area (Å²) in [4.78, 5) is 15.1. The highest BCUT2D eigenvalue weighted by molar-refractivity contribution is 9.10. The zero-order valence-corrected chi connectivity index (χ0v) is 12.3. The fraction of sp³-hybridized carbons (Fsp3) is 0.167. The van der Waals surface area contributed by atoms with Crippen molar-refractivity contribution in [3.8, 4) is 11.5 Å². The number of halogens is 1. The van der Waals surface area contributed by atoms with E-state index in [-0.39, 0.29) is 5.56 Å². The zero-order chi connectivity index (χ0) is 13.8. The molecule has 5 nitrogen and oxygen atoms in total. The molecule has 0 saturated heterocycles. The lowest BCUT2D eigenvalue weighted by atomic mass is 10.2. The van der Waals surface area contributed by atoms with Gasteiger partial charge in [-0.1, -0.05) is 0 Å². The van der Waals surface area contributed by atoms with Gasteiger partial charge < -0.3 is 14.6 Å². The molecule has 0 unspecified atom stereocenters. The number of ether oxygens (including phenoxy) is 2. The Bertz CT molecular complexity index is 586. The second-order valence-electron chi connectivity index (χ2n) is 3.51. The highest BCUT2D eigenvalue weighted by atomic mass is 79.9. The average molecular weight is 344 g/mol. The molecule has 0 bridgehead atoms. The Hall–Kier alpha value is -1.60. The topological polar surface area (TPSA) is 68.7 Å². The van der Waals surface area contributed by atoms with Crippen molar-refractivity contribution >= 4 is 33.2 Å². The molecule has 100 valence electrons. The van der Waals surface area contributed by atoms with Gasteiger partial charge in [0, 0.05) is 11.6 Å². The molecule has 0 aliphatic carbocycles. The lowest BCUT2D eigenvalue weighted by Crippen LogP contribution is -2.02. The second-order valence-corrected chi connectivity index (χ2v) is 5.34. The molecule has 0 saturated carbocycles. The van der Waals surface area contributed by atoms with Crippen molar-refractivity contribution in [3.63, 3.8) is 0 Å². The molecule has 0 aliphatic rings. The molecule has 0 fully saturated rings. The minimum absolute atomic E-state index is 0.130. The molecule has 1 N–H and O–H groups in total. The number of aromatic carboxylic acids is 1. The fourth-order valence-corrected chi connectivity index (χ4v) is 2.53. The summed E-state index contributed by atoms with van der Waals surface area (Å²) in [6.45, 7) is 0.305. The van der Waals surface area contributed by atoms with E-state index in [0.29, 0.717) is 22.6 Å². The van der Waals surface area contributed by atoms with Crippen LogP contribution in [0.15, 0.2) is 28.2 Å². The number of carbonyl (C=O) groups is 1. The van der Waals surface area contributed by atoms with Gasteiger partial charge in [0.25, 0.3) is 0 Å². The molecule has 2 aromatic rings. The van der Waals surface area contributed by atoms with Gasteiger partial charge in [-0.25, -0.2) is 9.78 Å². The lowest BCUT2D eigenvalue weighted by molar-refractivity contribution is 0.0696. The maximum Gasteiger partial charge on any atom is 0.335 e. The SMILES string of the molecule is COc1cc(C(=O)O)cc(Br)c1OCc1nccs1. The number of methoxy groups -OCH3 is 1. The van der Waals surface area contributed by atoms with Crippen LogP contribution in [0.3, 0.4) is 0 Å². The second kappa shape index (κ2) is 6.03. The summed E-state index contributed by atoms with van der Waals surface area (Å²) in [5.74, 6) is -0.198. The fourth-order valence-electron chi connectivity index (χ4n) is 1.44. The monoisotopic (exact) mass is 343 g/mol. The van der Waals surface area contributed by atoms with Crippen molar-refractivity contribution in [2.75, 3.05) is 7.11 Å². The molecule has 1 aromatic carbocycles. The third kappa shape index (κ3) is 3.24. The molecular weight excluding hydrogens is 334 g/mol. The van der Waals surface area contributed by atoms with Crippen LogP contribution in [0.4, 0.5) is 0 Å². The van der Waals surface area contributed by atoms with Gasteiger partial charge in [-0.05, 0) is 28.1 Å². The van der Waals surface area contributed by atoms with Crippen LogP contribution < -0.4 is 9.47 Å². The van der Waals surface area contributed by atoms with Crippen LogP contribution in [0.2, 0.25) is 0 Å². The van der Waals surface area contributed by atoms with E-state index >= 15 is 0 Å². The normalized spacial score (nSPS) is 10.2. The minimum Gasteiger partial charge on any atom is -0.493 e. The number of benzene rings is 1. The van der Waals surface area contributed by atoms with Gasteiger partial charge in [0.1, 0.15) is 11.6 Å². The number of carboxylic acids is 1. The van der Waals surface area contributed by atoms with E-state index in [2.05, 4.69) is 20.9 Å². The van der Waals surface area contributed by atoms with E-state index in [9.17, 15) is 4.79 Å². The predicted molar refractivity (Wildman–Crippen MR) is 74.1 cm³/mol. The van der Waals surface area contributed by atoms with Crippen molar-refractivity contribution in [2.24, 2.45) is 0 Å². The highest BCUT2D eigenvalue weighted by Gasteiger charge is 2.15. The summed E-state index contributed by atoms with van der Waals surface area (Å²) >= 11 is 4.77. The van der Waals surface area contributed by atoms with E-state index in [0.717, 1.165) is 5.01 Å². The minimum atomic E-state index is -1.02. The Morgan fingerprint density at radius 2 is 2.32 bits per heavy atom. The molecule has 0 atom stereocenters. The Kier molecular flexibility index (Phi) is 4.39. The first kappa shape index (κ1) is 13.8. The maximum absolute atomic E-state index is 11.0. The van der Waals surface area contributed by atoms with Crippen LogP contribution in [-0.2, 0) is 6.61 Å². The molecule has 2 rings (SSSR count). The first-order chi connectivity index (χ1) is 9.11. The van der Waals surface area contributed by atoms with E-state index in [1.807, 2.05) is 5.38 Å². The summed E-state index contributed by atoms with van der Waals surface area (Å²) < 4.78 is 11.3. The number of aromatic nitrogens is 1. The Balaban J connectivity index is 2.26. The van der Waals surface area contributed by atoms with E-state index in [1.54, 1.807) is 6.20 Å². The number of nitrogens with zero attached hydrogens (tertiary/aromatic N) is 1. The molecule has 7 heteroatoms. The molecule has 0 amide bonds. The predicted octanol–water partition coefficient (Wildman–Crippen LogP) is 3.19. The smallest absolute Gasteiger partial charge is 0.335 e. The first-order valence-corrected chi connectivity index (χ1v) is 6.91. The summed E-state index contributed by atoms with van der Waals surface area (Å²) in [6, 6.07) is 2.90. The largest absolute Gasteiger partial charge is 0.493 e. The number of hydrogen-bond donors (Lipinski definition) is 1.